The van der Waals surface area contributed by atoms with Crippen molar-refractivity contribution >= 4 is 28.4 Å². The Kier molecular flexibility index (Phi) is 6.36. The van der Waals surface area contributed by atoms with Crippen molar-refractivity contribution < 1.29 is 14.7 Å². The number of fused-ring (bicyclic) bond motifs is 1. The molecule has 1 aromatic heterocycles. The van der Waals surface area contributed by atoms with Gasteiger partial charge in [0.2, 0.25) is 11.8 Å². The van der Waals surface area contributed by atoms with Crippen molar-refractivity contribution in [3.63, 3.8) is 0 Å². The largest absolute Gasteiger partial charge is 0.395 e. The number of benzene rings is 1. The highest BCUT2D eigenvalue weighted by molar-refractivity contribution is 6.03. The molecule has 9 heteroatoms. The topological polar surface area (TPSA) is 103 Å². The fraction of sp³-hybridized carbons (Fsp3) is 0.625. The zero-order valence-corrected chi connectivity index (χ0v) is 19.3. The lowest BCUT2D eigenvalue weighted by molar-refractivity contribution is -0.134. The molecule has 1 unspecified atom stereocenters. The summed E-state index contributed by atoms with van der Waals surface area (Å²) in [5.41, 5.74) is 2.98. The van der Waals surface area contributed by atoms with Crippen molar-refractivity contribution in [3.05, 3.63) is 23.9 Å². The van der Waals surface area contributed by atoms with Crippen molar-refractivity contribution in [2.45, 2.75) is 37.6 Å². The highest BCUT2D eigenvalue weighted by Gasteiger charge is 2.33. The van der Waals surface area contributed by atoms with Gasteiger partial charge in [0.05, 0.1) is 29.4 Å². The molecule has 0 aliphatic carbocycles. The molecular weight excluding hydrogens is 420 g/mol. The van der Waals surface area contributed by atoms with Crippen LogP contribution in [0.5, 0.6) is 0 Å². The van der Waals surface area contributed by atoms with E-state index in [1.807, 2.05) is 23.9 Å². The number of piperidine rings is 2. The van der Waals surface area contributed by atoms with Crippen LogP contribution in [0.1, 0.15) is 37.3 Å². The van der Waals surface area contributed by atoms with Gasteiger partial charge in [-0.05, 0) is 31.2 Å². The van der Waals surface area contributed by atoms with E-state index in [-0.39, 0.29) is 30.4 Å². The second-order valence-corrected chi connectivity index (χ2v) is 9.65. The van der Waals surface area contributed by atoms with Crippen LogP contribution < -0.4 is 15.5 Å². The van der Waals surface area contributed by atoms with E-state index >= 15 is 0 Å². The number of carbonyl (C=O) groups is 2. The van der Waals surface area contributed by atoms with E-state index in [0.29, 0.717) is 18.8 Å². The molecule has 2 amide bonds. The van der Waals surface area contributed by atoms with Crippen LogP contribution in [-0.4, -0.2) is 83.5 Å². The monoisotopic (exact) mass is 454 g/mol. The second-order valence-electron chi connectivity index (χ2n) is 9.65. The van der Waals surface area contributed by atoms with E-state index < -0.39 is 0 Å². The van der Waals surface area contributed by atoms with E-state index in [1.54, 1.807) is 0 Å². The molecule has 4 heterocycles. The summed E-state index contributed by atoms with van der Waals surface area (Å²) in [6.07, 6.45) is 3.10. The summed E-state index contributed by atoms with van der Waals surface area (Å²) in [7, 11) is 1.94. The number of aryl methyl sites for hydroxylation is 1. The standard InChI is InChI=1S/C24H34N6O3/c1-28-23-18(22(27-28)19-5-6-21(32)26-24(19)33)3-2-4-20(23)29-10-7-16(8-11-29)14-30-12-9-25-13-17(30)15-31/h2-4,16-17,19,25,31H,5-15H2,1H3,(H,26,32,33)/t17-,19?/m0/s1. The number of imide groups is 1. The lowest BCUT2D eigenvalue weighted by Crippen LogP contribution is -2.54. The van der Waals surface area contributed by atoms with Gasteiger partial charge in [-0.25, -0.2) is 0 Å². The summed E-state index contributed by atoms with van der Waals surface area (Å²) in [5, 5.41) is 21.3. The minimum atomic E-state index is -0.383. The van der Waals surface area contributed by atoms with Crippen molar-refractivity contribution in [3.8, 4) is 0 Å². The van der Waals surface area contributed by atoms with Crippen molar-refractivity contribution in [2.75, 3.05) is 50.8 Å². The van der Waals surface area contributed by atoms with Crippen LogP contribution in [0, 0.1) is 5.92 Å². The third-order valence-corrected chi connectivity index (χ3v) is 7.57. The minimum Gasteiger partial charge on any atom is -0.395 e. The molecule has 3 aliphatic heterocycles. The van der Waals surface area contributed by atoms with Gasteiger partial charge in [-0.2, -0.15) is 5.10 Å². The predicted molar refractivity (Wildman–Crippen MR) is 126 cm³/mol. The third-order valence-electron chi connectivity index (χ3n) is 7.57. The Balaban J connectivity index is 1.31. The summed E-state index contributed by atoms with van der Waals surface area (Å²) in [6, 6.07) is 6.46. The van der Waals surface area contributed by atoms with Gasteiger partial charge in [0, 0.05) is 64.2 Å². The maximum absolute atomic E-state index is 12.5. The van der Waals surface area contributed by atoms with Gasteiger partial charge in [-0.15, -0.1) is 0 Å². The Bertz CT molecular complexity index is 1030. The lowest BCUT2D eigenvalue weighted by Gasteiger charge is -2.40. The summed E-state index contributed by atoms with van der Waals surface area (Å²) in [6.45, 7) is 6.10. The number of rotatable bonds is 5. The number of hydrogen-bond donors (Lipinski definition) is 3. The number of nitrogens with one attached hydrogen (secondary N) is 2. The molecule has 5 rings (SSSR count). The molecule has 0 bridgehead atoms. The number of anilines is 1. The van der Waals surface area contributed by atoms with Gasteiger partial charge in [-0.1, -0.05) is 12.1 Å². The minimum absolute atomic E-state index is 0.203. The maximum atomic E-state index is 12.5. The Labute approximate surface area is 194 Å². The Morgan fingerprint density at radius 3 is 2.73 bits per heavy atom. The number of amides is 2. The number of nitrogens with zero attached hydrogens (tertiary/aromatic N) is 4. The van der Waals surface area contributed by atoms with Gasteiger partial charge < -0.3 is 15.3 Å². The van der Waals surface area contributed by atoms with Crippen molar-refractivity contribution in [1.29, 1.82) is 0 Å². The average molecular weight is 455 g/mol. The maximum Gasteiger partial charge on any atom is 0.235 e. The Morgan fingerprint density at radius 2 is 1.97 bits per heavy atom. The molecular formula is C24H34N6O3. The molecule has 0 radical (unpaired) electrons. The van der Waals surface area contributed by atoms with E-state index in [2.05, 4.69) is 26.5 Å². The van der Waals surface area contributed by atoms with Gasteiger partial charge in [0.15, 0.2) is 0 Å². The van der Waals surface area contributed by atoms with Crippen LogP contribution >= 0.6 is 0 Å². The first-order chi connectivity index (χ1) is 16.0. The van der Waals surface area contributed by atoms with Crippen molar-refractivity contribution in [1.82, 2.24) is 25.3 Å². The smallest absolute Gasteiger partial charge is 0.235 e. The van der Waals surface area contributed by atoms with Gasteiger partial charge >= 0.3 is 0 Å². The molecule has 3 fully saturated rings. The number of hydrogen-bond acceptors (Lipinski definition) is 7. The fourth-order valence-electron chi connectivity index (χ4n) is 5.72. The summed E-state index contributed by atoms with van der Waals surface area (Å²) < 4.78 is 1.89. The Morgan fingerprint density at radius 1 is 1.15 bits per heavy atom. The Hall–Kier alpha value is -2.49. The highest BCUT2D eigenvalue weighted by Crippen LogP contribution is 2.36. The molecule has 33 heavy (non-hydrogen) atoms. The quantitative estimate of drug-likeness (QED) is 0.568. The van der Waals surface area contributed by atoms with Crippen LogP contribution in [0.15, 0.2) is 18.2 Å². The van der Waals surface area contributed by atoms with Crippen LogP contribution in [0.25, 0.3) is 10.9 Å². The molecule has 0 spiro atoms. The number of aromatic nitrogens is 2. The summed E-state index contributed by atoms with van der Waals surface area (Å²) in [4.78, 5) is 28.9. The third kappa shape index (κ3) is 4.37. The molecule has 3 aliphatic rings. The molecule has 2 atom stereocenters. The first-order valence-corrected chi connectivity index (χ1v) is 12.1. The molecule has 9 nitrogen and oxygen atoms in total. The average Bonchev–Trinajstić information content (AvgIpc) is 3.16. The van der Waals surface area contributed by atoms with Crippen LogP contribution in [0.2, 0.25) is 0 Å². The lowest BCUT2D eigenvalue weighted by atomic mass is 9.92. The second kappa shape index (κ2) is 9.40. The number of carbonyl (C=O) groups excluding carboxylic acids is 2. The summed E-state index contributed by atoms with van der Waals surface area (Å²) >= 11 is 0. The molecule has 1 aromatic carbocycles. The van der Waals surface area contributed by atoms with Crippen molar-refractivity contribution in [2.24, 2.45) is 13.0 Å². The van der Waals surface area contributed by atoms with Gasteiger partial charge in [0.1, 0.15) is 0 Å². The first-order valence-electron chi connectivity index (χ1n) is 12.1. The predicted octanol–water partition coefficient (Wildman–Crippen LogP) is 0.576. The number of para-hydroxylation sites is 1. The normalized spacial score (nSPS) is 25.6. The van der Waals surface area contributed by atoms with Gasteiger partial charge in [-0.3, -0.25) is 24.5 Å². The van der Waals surface area contributed by atoms with Crippen LogP contribution in [0.3, 0.4) is 0 Å². The van der Waals surface area contributed by atoms with Crippen LogP contribution in [0.4, 0.5) is 5.69 Å². The molecule has 3 N–H and O–H groups in total. The van der Waals surface area contributed by atoms with E-state index in [4.69, 9.17) is 5.10 Å². The molecule has 2 aromatic rings. The zero-order chi connectivity index (χ0) is 22.9. The highest BCUT2D eigenvalue weighted by atomic mass is 16.3. The zero-order valence-electron chi connectivity index (χ0n) is 19.3. The first kappa shape index (κ1) is 22.3. The number of aliphatic hydroxyl groups is 1. The van der Waals surface area contributed by atoms with Crippen LogP contribution in [-0.2, 0) is 16.6 Å². The number of piperazine rings is 1. The van der Waals surface area contributed by atoms with E-state index in [0.717, 1.165) is 74.4 Å². The molecule has 3 saturated heterocycles. The molecule has 178 valence electrons. The number of aliphatic hydroxyl groups excluding tert-OH is 1. The van der Waals surface area contributed by atoms with Gasteiger partial charge in [0.25, 0.3) is 0 Å². The fourth-order valence-corrected chi connectivity index (χ4v) is 5.72. The van der Waals surface area contributed by atoms with E-state index in [9.17, 15) is 14.7 Å². The SMILES string of the molecule is Cn1nc(C2CCC(=O)NC2=O)c2cccc(N3CCC(CN4CCNC[C@H]4CO)CC3)c21. The summed E-state index contributed by atoms with van der Waals surface area (Å²) in [5.74, 6) is -0.193. The molecule has 0 saturated carbocycles. The van der Waals surface area contributed by atoms with E-state index in [1.165, 1.54) is 0 Å².